The number of aromatic amines is 1. The van der Waals surface area contributed by atoms with Crippen LogP contribution in [0.25, 0.3) is 10.2 Å². The molecule has 1 aromatic carbocycles. The molecule has 3 rings (SSSR count). The van der Waals surface area contributed by atoms with Gasteiger partial charge in [0.25, 0.3) is 5.56 Å². The summed E-state index contributed by atoms with van der Waals surface area (Å²) in [7, 11) is 0. The molecule has 6 nitrogen and oxygen atoms in total. The van der Waals surface area contributed by atoms with E-state index in [0.717, 1.165) is 20.9 Å². The first-order chi connectivity index (χ1) is 10.1. The van der Waals surface area contributed by atoms with Gasteiger partial charge in [-0.2, -0.15) is 5.10 Å². The predicted molar refractivity (Wildman–Crippen MR) is 85.0 cm³/mol. The van der Waals surface area contributed by atoms with Gasteiger partial charge < -0.3 is 0 Å². The van der Waals surface area contributed by atoms with Gasteiger partial charge in [-0.3, -0.25) is 9.78 Å². The summed E-state index contributed by atoms with van der Waals surface area (Å²) in [6, 6.07) is 9.36. The number of nitrogens with zero attached hydrogens (tertiary/aromatic N) is 3. The first kappa shape index (κ1) is 13.4. The number of aromatic nitrogens is 3. The summed E-state index contributed by atoms with van der Waals surface area (Å²) in [4.78, 5) is 22.6. The lowest BCUT2D eigenvalue weighted by atomic mass is 10.3. The zero-order valence-electron chi connectivity index (χ0n) is 11.5. The van der Waals surface area contributed by atoms with Crippen LogP contribution in [0.1, 0.15) is 17.6 Å². The first-order valence-corrected chi connectivity index (χ1v) is 7.18. The molecule has 0 saturated carbocycles. The van der Waals surface area contributed by atoms with Crippen molar-refractivity contribution in [3.05, 3.63) is 51.4 Å². The minimum absolute atomic E-state index is 0.210. The highest BCUT2D eigenvalue weighted by Gasteiger charge is 2.06. The van der Waals surface area contributed by atoms with Crippen molar-refractivity contribution in [1.29, 1.82) is 0 Å². The summed E-state index contributed by atoms with van der Waals surface area (Å²) >= 11 is 1.57. The Morgan fingerprint density at radius 3 is 2.90 bits per heavy atom. The van der Waals surface area contributed by atoms with E-state index in [1.807, 2.05) is 31.2 Å². The van der Waals surface area contributed by atoms with Crippen LogP contribution in [0.15, 0.2) is 40.2 Å². The zero-order valence-corrected chi connectivity index (χ0v) is 12.4. The second-order valence-electron chi connectivity index (χ2n) is 4.53. The molecule has 0 radical (unpaired) electrons. The maximum absolute atomic E-state index is 11.3. The molecule has 0 bridgehead atoms. The molecule has 0 aliphatic rings. The Morgan fingerprint density at radius 2 is 2.14 bits per heavy atom. The fraction of sp³-hybridized carbons (Fsp3) is 0.143. The average molecular weight is 299 g/mol. The molecule has 0 saturated heterocycles. The van der Waals surface area contributed by atoms with Crippen LogP contribution in [0.3, 0.4) is 0 Å². The van der Waals surface area contributed by atoms with Crippen LogP contribution in [-0.2, 0) is 0 Å². The van der Waals surface area contributed by atoms with Gasteiger partial charge in [0, 0.05) is 11.8 Å². The molecular weight excluding hydrogens is 286 g/mol. The number of anilines is 1. The maximum atomic E-state index is 11.3. The number of H-pyrrole nitrogens is 1. The van der Waals surface area contributed by atoms with Crippen molar-refractivity contribution in [3.8, 4) is 0 Å². The molecule has 21 heavy (non-hydrogen) atoms. The fourth-order valence-electron chi connectivity index (χ4n) is 1.84. The number of hydrogen-bond acceptors (Lipinski definition) is 6. The minimum atomic E-state index is -0.210. The number of hydrogen-bond donors (Lipinski definition) is 2. The lowest BCUT2D eigenvalue weighted by molar-refractivity contribution is 1.04. The van der Waals surface area contributed by atoms with E-state index in [1.54, 1.807) is 18.3 Å². The third kappa shape index (κ3) is 2.97. The number of aryl methyl sites for hydroxylation is 1. The molecule has 0 spiro atoms. The van der Waals surface area contributed by atoms with Gasteiger partial charge in [-0.05, 0) is 26.0 Å². The van der Waals surface area contributed by atoms with Gasteiger partial charge in [-0.15, -0.1) is 11.3 Å². The van der Waals surface area contributed by atoms with Gasteiger partial charge in [0.1, 0.15) is 5.01 Å². The molecule has 0 fully saturated rings. The highest BCUT2D eigenvalue weighted by atomic mass is 32.1. The Morgan fingerprint density at radius 1 is 1.33 bits per heavy atom. The van der Waals surface area contributed by atoms with Crippen molar-refractivity contribution in [3.63, 3.8) is 0 Å². The van der Waals surface area contributed by atoms with Crippen LogP contribution in [0.2, 0.25) is 0 Å². The zero-order chi connectivity index (χ0) is 14.8. The van der Waals surface area contributed by atoms with Gasteiger partial charge in [0.15, 0.2) is 0 Å². The maximum Gasteiger partial charge on any atom is 0.252 e. The van der Waals surface area contributed by atoms with Gasteiger partial charge in [0.05, 0.1) is 15.9 Å². The van der Waals surface area contributed by atoms with E-state index in [1.165, 1.54) is 6.07 Å². The molecule has 0 amide bonds. The van der Waals surface area contributed by atoms with E-state index in [-0.39, 0.29) is 5.56 Å². The number of fused-ring (bicyclic) bond motifs is 1. The minimum Gasteiger partial charge on any atom is -0.291 e. The quantitative estimate of drug-likeness (QED) is 0.575. The van der Waals surface area contributed by atoms with Crippen LogP contribution in [-0.4, -0.2) is 20.7 Å². The summed E-state index contributed by atoms with van der Waals surface area (Å²) in [5.41, 5.74) is 4.87. The normalized spacial score (nSPS) is 11.8. The predicted octanol–water partition coefficient (Wildman–Crippen LogP) is 2.52. The van der Waals surface area contributed by atoms with Crippen LogP contribution in [0, 0.1) is 6.92 Å². The lowest BCUT2D eigenvalue weighted by Crippen LogP contribution is -2.11. The molecule has 106 valence electrons. The Balaban J connectivity index is 1.86. The standard InChI is InChI=1S/C14H13N5OS/c1-8-7-12(20)17-14(15-8)19-18-9(2)13-16-10-5-3-4-6-11(10)21-13/h3-7H,1-2H3,(H2,15,17,19,20)/b18-9-. The molecule has 2 heterocycles. The Kier molecular flexibility index (Phi) is 3.49. The Hall–Kier alpha value is -2.54. The van der Waals surface area contributed by atoms with Crippen LogP contribution in [0.5, 0.6) is 0 Å². The average Bonchev–Trinajstić information content (AvgIpc) is 2.87. The van der Waals surface area contributed by atoms with E-state index in [4.69, 9.17) is 0 Å². The van der Waals surface area contributed by atoms with Crippen molar-refractivity contribution < 1.29 is 0 Å². The molecule has 2 N–H and O–H groups in total. The fourth-order valence-corrected chi connectivity index (χ4v) is 2.75. The SMILES string of the molecule is C/C(=N/Nc1nc(C)cc(=O)[nH]1)c1nc2ccccc2s1. The third-order valence-electron chi connectivity index (χ3n) is 2.80. The highest BCUT2D eigenvalue weighted by Crippen LogP contribution is 2.21. The van der Waals surface area contributed by atoms with E-state index in [9.17, 15) is 4.79 Å². The number of nitrogens with one attached hydrogen (secondary N) is 2. The second kappa shape index (κ2) is 5.45. The number of thiazole rings is 1. The van der Waals surface area contributed by atoms with Gasteiger partial charge in [0.2, 0.25) is 5.95 Å². The molecule has 0 aliphatic heterocycles. The van der Waals surface area contributed by atoms with Crippen molar-refractivity contribution in [2.75, 3.05) is 5.43 Å². The van der Waals surface area contributed by atoms with Gasteiger partial charge >= 0.3 is 0 Å². The Bertz CT molecular complexity index is 847. The Labute approximate surface area is 124 Å². The summed E-state index contributed by atoms with van der Waals surface area (Å²) < 4.78 is 1.11. The van der Waals surface area contributed by atoms with E-state index >= 15 is 0 Å². The van der Waals surface area contributed by atoms with Crippen molar-refractivity contribution in [2.45, 2.75) is 13.8 Å². The van der Waals surface area contributed by atoms with Gasteiger partial charge in [-0.1, -0.05) is 12.1 Å². The van der Waals surface area contributed by atoms with Crippen molar-refractivity contribution >= 4 is 33.2 Å². The monoisotopic (exact) mass is 299 g/mol. The number of hydrazone groups is 1. The van der Waals surface area contributed by atoms with Crippen LogP contribution in [0.4, 0.5) is 5.95 Å². The number of para-hydroxylation sites is 1. The lowest BCUT2D eigenvalue weighted by Gasteiger charge is -2.01. The summed E-state index contributed by atoms with van der Waals surface area (Å²) in [6.45, 7) is 3.61. The molecule has 0 atom stereocenters. The molecule has 0 unspecified atom stereocenters. The third-order valence-corrected chi connectivity index (χ3v) is 3.95. The number of benzene rings is 1. The molecule has 7 heteroatoms. The van der Waals surface area contributed by atoms with Crippen molar-refractivity contribution in [1.82, 2.24) is 15.0 Å². The smallest absolute Gasteiger partial charge is 0.252 e. The van der Waals surface area contributed by atoms with E-state index in [0.29, 0.717) is 11.6 Å². The highest BCUT2D eigenvalue weighted by molar-refractivity contribution is 7.20. The second-order valence-corrected chi connectivity index (χ2v) is 5.56. The largest absolute Gasteiger partial charge is 0.291 e. The topological polar surface area (TPSA) is 83.0 Å². The molecule has 2 aromatic heterocycles. The van der Waals surface area contributed by atoms with E-state index in [2.05, 4.69) is 25.5 Å². The summed E-state index contributed by atoms with van der Waals surface area (Å²) in [5.74, 6) is 0.320. The molecule has 3 aromatic rings. The molecular formula is C14H13N5OS. The van der Waals surface area contributed by atoms with Crippen LogP contribution < -0.4 is 11.0 Å². The van der Waals surface area contributed by atoms with Crippen LogP contribution >= 0.6 is 11.3 Å². The summed E-state index contributed by atoms with van der Waals surface area (Å²) in [5, 5.41) is 5.06. The van der Waals surface area contributed by atoms with Crippen molar-refractivity contribution in [2.24, 2.45) is 5.10 Å². The number of rotatable bonds is 3. The molecule has 0 aliphatic carbocycles. The first-order valence-electron chi connectivity index (χ1n) is 6.36. The van der Waals surface area contributed by atoms with Gasteiger partial charge in [-0.25, -0.2) is 15.4 Å². The summed E-state index contributed by atoms with van der Waals surface area (Å²) in [6.07, 6.45) is 0. The van der Waals surface area contributed by atoms with E-state index < -0.39 is 0 Å².